The molecule has 0 aliphatic heterocycles. The minimum absolute atomic E-state index is 0.156. The van der Waals surface area contributed by atoms with Crippen molar-refractivity contribution in [3.05, 3.63) is 23.2 Å². The first-order chi connectivity index (χ1) is 6.50. The summed E-state index contributed by atoms with van der Waals surface area (Å²) in [6.45, 7) is 0. The molecule has 0 fully saturated rings. The molecule has 0 aliphatic rings. The van der Waals surface area contributed by atoms with Crippen LogP contribution in [0, 0.1) is 0 Å². The maximum atomic E-state index is 11.9. The number of rotatable bonds is 3. The third kappa shape index (κ3) is 2.92. The second kappa shape index (κ2) is 4.70. The summed E-state index contributed by atoms with van der Waals surface area (Å²) in [7, 11) is -1.77. The van der Waals surface area contributed by atoms with Crippen molar-refractivity contribution in [2.45, 2.75) is 11.3 Å². The monoisotopic (exact) mass is 239 g/mol. The van der Waals surface area contributed by atoms with Crippen molar-refractivity contribution in [2.24, 2.45) is 0 Å². The molecule has 78 valence electrons. The van der Waals surface area contributed by atoms with Gasteiger partial charge in [0, 0.05) is 5.69 Å². The zero-order chi connectivity index (χ0) is 10.7. The second-order valence-corrected chi connectivity index (χ2v) is 4.46. The topological polar surface area (TPSA) is 43.1 Å². The molecule has 0 radical (unpaired) electrons. The largest absolute Gasteiger partial charge is 0.399 e. The van der Waals surface area contributed by atoms with E-state index in [2.05, 4.69) is 0 Å². The van der Waals surface area contributed by atoms with Gasteiger partial charge < -0.3 is 5.73 Å². The minimum atomic E-state index is -2.61. The average molecular weight is 240 g/mol. The first-order valence-electron chi connectivity index (χ1n) is 3.72. The zero-order valence-electron chi connectivity index (χ0n) is 7.04. The summed E-state index contributed by atoms with van der Waals surface area (Å²) in [4.78, 5) is 0.196. The van der Waals surface area contributed by atoms with E-state index in [0.717, 1.165) is 0 Å². The number of anilines is 1. The van der Waals surface area contributed by atoms with Crippen LogP contribution >= 0.6 is 11.6 Å². The Bertz CT molecular complexity index is 359. The number of nitrogen functional groups attached to an aromatic ring is 1. The average Bonchev–Trinajstić information content (AvgIpc) is 2.01. The lowest BCUT2D eigenvalue weighted by atomic mass is 10.3. The predicted molar refractivity (Wildman–Crippen MR) is 53.1 cm³/mol. The molecule has 0 saturated carbocycles. The molecule has 1 rings (SSSR count). The molecular formula is C8H8ClF2NOS. The summed E-state index contributed by atoms with van der Waals surface area (Å²) in [6.07, 6.45) is -2.61. The van der Waals surface area contributed by atoms with Crippen molar-refractivity contribution < 1.29 is 13.0 Å². The lowest BCUT2D eigenvalue weighted by molar-refractivity contribution is 0.175. The Kier molecular flexibility index (Phi) is 3.83. The van der Waals surface area contributed by atoms with E-state index in [1.165, 1.54) is 18.2 Å². The van der Waals surface area contributed by atoms with Gasteiger partial charge in [-0.05, 0) is 18.2 Å². The number of benzene rings is 1. The van der Waals surface area contributed by atoms with Gasteiger partial charge in [-0.15, -0.1) is 0 Å². The van der Waals surface area contributed by atoms with Gasteiger partial charge in [-0.25, -0.2) is 8.78 Å². The molecule has 0 bridgehead atoms. The first kappa shape index (κ1) is 11.4. The standard InChI is InChI=1S/C8H8ClF2NOS/c9-6-3-5(12)1-2-7(6)14(13)4-8(10)11/h1-3,8H,4,12H2. The Balaban J connectivity index is 2.90. The molecule has 0 heterocycles. The van der Waals surface area contributed by atoms with Gasteiger partial charge in [0.25, 0.3) is 0 Å². The SMILES string of the molecule is Nc1ccc(S(=O)CC(F)F)c(Cl)c1. The summed E-state index contributed by atoms with van der Waals surface area (Å²) in [6, 6.07) is 4.26. The molecule has 1 aromatic rings. The number of alkyl halides is 2. The fraction of sp³-hybridized carbons (Fsp3) is 0.250. The lowest BCUT2D eigenvalue weighted by Crippen LogP contribution is -2.07. The molecule has 1 atom stereocenters. The highest BCUT2D eigenvalue weighted by atomic mass is 35.5. The molecule has 0 amide bonds. The fourth-order valence-electron chi connectivity index (χ4n) is 0.906. The first-order valence-corrected chi connectivity index (χ1v) is 5.42. The van der Waals surface area contributed by atoms with Crippen LogP contribution in [0.5, 0.6) is 0 Å². The van der Waals surface area contributed by atoms with Gasteiger partial charge in [0.15, 0.2) is 0 Å². The van der Waals surface area contributed by atoms with E-state index in [-0.39, 0.29) is 9.92 Å². The smallest absolute Gasteiger partial charge is 0.250 e. The Morgan fingerprint density at radius 2 is 2.14 bits per heavy atom. The molecule has 14 heavy (non-hydrogen) atoms. The molecule has 6 heteroatoms. The third-order valence-corrected chi connectivity index (χ3v) is 3.30. The van der Waals surface area contributed by atoms with Crippen molar-refractivity contribution in [1.29, 1.82) is 0 Å². The van der Waals surface area contributed by atoms with Crippen LogP contribution in [0.25, 0.3) is 0 Å². The van der Waals surface area contributed by atoms with Gasteiger partial charge in [0.1, 0.15) is 0 Å². The van der Waals surface area contributed by atoms with Crippen molar-refractivity contribution in [3.63, 3.8) is 0 Å². The molecule has 0 saturated heterocycles. The summed E-state index contributed by atoms with van der Waals surface area (Å²) in [5.74, 6) is -0.705. The summed E-state index contributed by atoms with van der Waals surface area (Å²) < 4.78 is 35.1. The predicted octanol–water partition coefficient (Wildman–Crippen LogP) is 2.29. The highest BCUT2D eigenvalue weighted by molar-refractivity contribution is 7.85. The Morgan fingerprint density at radius 3 is 2.64 bits per heavy atom. The normalized spacial score (nSPS) is 13.1. The van der Waals surface area contributed by atoms with Crippen LogP contribution in [0.3, 0.4) is 0 Å². The lowest BCUT2D eigenvalue weighted by Gasteiger charge is -2.04. The summed E-state index contributed by atoms with van der Waals surface area (Å²) in [5, 5.41) is 0.156. The minimum Gasteiger partial charge on any atom is -0.399 e. The van der Waals surface area contributed by atoms with E-state index in [4.69, 9.17) is 17.3 Å². The molecule has 0 spiro atoms. The number of halogens is 3. The van der Waals surface area contributed by atoms with Crippen molar-refractivity contribution >= 4 is 28.1 Å². The Morgan fingerprint density at radius 1 is 1.50 bits per heavy atom. The number of hydrogen-bond donors (Lipinski definition) is 1. The number of hydrogen-bond acceptors (Lipinski definition) is 2. The molecular weight excluding hydrogens is 232 g/mol. The summed E-state index contributed by atoms with van der Waals surface area (Å²) in [5.41, 5.74) is 5.81. The van der Waals surface area contributed by atoms with Crippen molar-refractivity contribution in [1.82, 2.24) is 0 Å². The van der Waals surface area contributed by atoms with Crippen LogP contribution in [0.4, 0.5) is 14.5 Å². The molecule has 0 aromatic heterocycles. The molecule has 1 aromatic carbocycles. The van der Waals surface area contributed by atoms with Crippen LogP contribution in [0.1, 0.15) is 0 Å². The van der Waals surface area contributed by atoms with Crippen LogP contribution in [0.2, 0.25) is 5.02 Å². The molecule has 1 unspecified atom stereocenters. The van der Waals surface area contributed by atoms with E-state index in [1.54, 1.807) is 0 Å². The second-order valence-electron chi connectivity index (χ2n) is 2.59. The highest BCUT2D eigenvalue weighted by Gasteiger charge is 2.14. The quantitative estimate of drug-likeness (QED) is 0.823. The van der Waals surface area contributed by atoms with Gasteiger partial charge in [0.05, 0.1) is 26.5 Å². The van der Waals surface area contributed by atoms with Gasteiger partial charge in [-0.2, -0.15) is 0 Å². The maximum Gasteiger partial charge on any atom is 0.250 e. The van der Waals surface area contributed by atoms with Crippen molar-refractivity contribution in [3.8, 4) is 0 Å². The van der Waals surface area contributed by atoms with E-state index in [9.17, 15) is 13.0 Å². The maximum absolute atomic E-state index is 11.9. The van der Waals surface area contributed by atoms with Gasteiger partial charge in [0.2, 0.25) is 6.43 Å². The van der Waals surface area contributed by atoms with Crippen LogP contribution < -0.4 is 5.73 Å². The van der Waals surface area contributed by atoms with Crippen LogP contribution in [0.15, 0.2) is 23.1 Å². The zero-order valence-corrected chi connectivity index (χ0v) is 8.62. The van der Waals surface area contributed by atoms with E-state index in [1.807, 2.05) is 0 Å². The fourth-order valence-corrected chi connectivity index (χ4v) is 2.26. The van der Waals surface area contributed by atoms with E-state index in [0.29, 0.717) is 5.69 Å². The molecule has 2 N–H and O–H groups in total. The third-order valence-electron chi connectivity index (χ3n) is 1.48. The Labute approximate surface area is 87.5 Å². The van der Waals surface area contributed by atoms with Crippen LogP contribution in [-0.2, 0) is 10.8 Å². The molecule has 0 aliphatic carbocycles. The van der Waals surface area contributed by atoms with Gasteiger partial charge in [-0.3, -0.25) is 4.21 Å². The number of nitrogens with two attached hydrogens (primary N) is 1. The molecule has 2 nitrogen and oxygen atoms in total. The van der Waals surface area contributed by atoms with Crippen molar-refractivity contribution in [2.75, 3.05) is 11.5 Å². The summed E-state index contributed by atoms with van der Waals surface area (Å²) >= 11 is 5.69. The Hall–Kier alpha value is -0.680. The van der Waals surface area contributed by atoms with Crippen LogP contribution in [-0.4, -0.2) is 16.4 Å². The highest BCUT2D eigenvalue weighted by Crippen LogP contribution is 2.23. The van der Waals surface area contributed by atoms with E-state index >= 15 is 0 Å². The van der Waals surface area contributed by atoms with E-state index < -0.39 is 23.0 Å². The van der Waals surface area contributed by atoms with Gasteiger partial charge >= 0.3 is 0 Å². The van der Waals surface area contributed by atoms with Gasteiger partial charge in [-0.1, -0.05) is 11.6 Å².